The minimum Gasteiger partial charge on any atom is -0.346 e. The predicted octanol–water partition coefficient (Wildman–Crippen LogP) is 0.152. The van der Waals surface area contributed by atoms with E-state index in [4.69, 9.17) is 5.73 Å². The van der Waals surface area contributed by atoms with E-state index < -0.39 is 0 Å². The average Bonchev–Trinajstić information content (AvgIpc) is 2.86. The Labute approximate surface area is 99.1 Å². The van der Waals surface area contributed by atoms with Gasteiger partial charge in [0.05, 0.1) is 24.6 Å². The Morgan fingerprint density at radius 1 is 1.18 bits per heavy atom. The number of aromatic nitrogens is 4. The van der Waals surface area contributed by atoms with Gasteiger partial charge in [0.15, 0.2) is 0 Å². The largest absolute Gasteiger partial charge is 0.346 e. The minimum absolute atomic E-state index is 0.428. The summed E-state index contributed by atoms with van der Waals surface area (Å²) in [6.45, 7) is 3.08. The molecule has 3 rings (SSSR count). The first-order valence-electron chi connectivity index (χ1n) is 5.63. The van der Waals surface area contributed by atoms with Crippen LogP contribution in [0.5, 0.6) is 0 Å². The van der Waals surface area contributed by atoms with Gasteiger partial charge in [-0.15, -0.1) is 0 Å². The molecule has 17 heavy (non-hydrogen) atoms. The van der Waals surface area contributed by atoms with E-state index in [0.29, 0.717) is 6.54 Å². The molecule has 0 aliphatic carbocycles. The number of rotatable bonds is 2. The number of nitrogens with two attached hydrogens (primary N) is 1. The molecule has 0 saturated heterocycles. The van der Waals surface area contributed by atoms with Gasteiger partial charge in [0.1, 0.15) is 11.6 Å². The van der Waals surface area contributed by atoms with Gasteiger partial charge in [-0.2, -0.15) is 0 Å². The van der Waals surface area contributed by atoms with Crippen molar-refractivity contribution in [1.29, 1.82) is 0 Å². The maximum Gasteiger partial charge on any atom is 0.147 e. The van der Waals surface area contributed by atoms with E-state index >= 15 is 0 Å². The summed E-state index contributed by atoms with van der Waals surface area (Å²) >= 11 is 0. The Hall–Kier alpha value is -1.95. The Bertz CT molecular complexity index is 503. The van der Waals surface area contributed by atoms with Gasteiger partial charge in [0.25, 0.3) is 0 Å². The highest BCUT2D eigenvalue weighted by molar-refractivity contribution is 5.36. The maximum atomic E-state index is 5.50. The molecule has 0 spiro atoms. The van der Waals surface area contributed by atoms with Gasteiger partial charge in [-0.1, -0.05) is 0 Å². The molecule has 0 saturated carbocycles. The molecule has 0 amide bonds. The van der Waals surface area contributed by atoms with Crippen LogP contribution in [0.1, 0.15) is 11.5 Å². The third-order valence-corrected chi connectivity index (χ3v) is 2.97. The van der Waals surface area contributed by atoms with E-state index in [1.807, 2.05) is 12.4 Å². The lowest BCUT2D eigenvalue weighted by Gasteiger charge is -2.28. The average molecular weight is 230 g/mol. The molecular weight excluding hydrogens is 216 g/mol. The predicted molar refractivity (Wildman–Crippen MR) is 63.2 cm³/mol. The van der Waals surface area contributed by atoms with Crippen molar-refractivity contribution in [3.05, 3.63) is 36.3 Å². The van der Waals surface area contributed by atoms with Crippen molar-refractivity contribution in [3.63, 3.8) is 0 Å². The maximum absolute atomic E-state index is 5.50. The van der Waals surface area contributed by atoms with Crippen LogP contribution in [-0.4, -0.2) is 26.1 Å². The SMILES string of the molecule is NCc1cnc(N2CCn3ccnc3C2)cn1. The Morgan fingerprint density at radius 3 is 2.88 bits per heavy atom. The van der Waals surface area contributed by atoms with E-state index in [2.05, 4.69) is 24.4 Å². The first-order valence-corrected chi connectivity index (χ1v) is 5.63. The van der Waals surface area contributed by atoms with Crippen molar-refractivity contribution >= 4 is 5.82 Å². The second kappa shape index (κ2) is 4.14. The van der Waals surface area contributed by atoms with Crippen LogP contribution in [0.15, 0.2) is 24.8 Å². The Kier molecular flexibility index (Phi) is 2.49. The quantitative estimate of drug-likeness (QED) is 0.795. The van der Waals surface area contributed by atoms with Gasteiger partial charge < -0.3 is 15.2 Å². The van der Waals surface area contributed by atoms with Gasteiger partial charge >= 0.3 is 0 Å². The third kappa shape index (κ3) is 1.87. The summed E-state index contributed by atoms with van der Waals surface area (Å²) in [6, 6.07) is 0. The van der Waals surface area contributed by atoms with Crippen molar-refractivity contribution in [1.82, 2.24) is 19.5 Å². The number of hydrogen-bond acceptors (Lipinski definition) is 5. The number of hydrogen-bond donors (Lipinski definition) is 1. The topological polar surface area (TPSA) is 72.9 Å². The molecule has 2 aromatic rings. The van der Waals surface area contributed by atoms with Gasteiger partial charge in [-0.3, -0.25) is 4.98 Å². The lowest BCUT2D eigenvalue weighted by molar-refractivity contribution is 0.555. The summed E-state index contributed by atoms with van der Waals surface area (Å²) in [6.07, 6.45) is 7.36. The van der Waals surface area contributed by atoms with Crippen molar-refractivity contribution in [3.8, 4) is 0 Å². The second-order valence-corrected chi connectivity index (χ2v) is 4.03. The first-order chi connectivity index (χ1) is 8.36. The highest BCUT2D eigenvalue weighted by Gasteiger charge is 2.17. The van der Waals surface area contributed by atoms with Crippen LogP contribution in [0, 0.1) is 0 Å². The minimum atomic E-state index is 0.428. The zero-order valence-corrected chi connectivity index (χ0v) is 9.45. The molecule has 0 radical (unpaired) electrons. The number of anilines is 1. The molecule has 0 atom stereocenters. The summed E-state index contributed by atoms with van der Waals surface area (Å²) < 4.78 is 2.16. The monoisotopic (exact) mass is 230 g/mol. The molecule has 2 N–H and O–H groups in total. The highest BCUT2D eigenvalue weighted by atomic mass is 15.3. The van der Waals surface area contributed by atoms with Crippen LogP contribution < -0.4 is 10.6 Å². The summed E-state index contributed by atoms with van der Waals surface area (Å²) in [4.78, 5) is 15.1. The van der Waals surface area contributed by atoms with Crippen LogP contribution in [-0.2, 0) is 19.6 Å². The molecule has 6 nitrogen and oxygen atoms in total. The molecule has 1 aliphatic heterocycles. The summed E-state index contributed by atoms with van der Waals surface area (Å²) in [5, 5.41) is 0. The summed E-state index contributed by atoms with van der Waals surface area (Å²) in [7, 11) is 0. The van der Waals surface area contributed by atoms with E-state index in [1.165, 1.54) is 0 Å². The summed E-state index contributed by atoms with van der Waals surface area (Å²) in [5.41, 5.74) is 6.31. The first kappa shape index (κ1) is 10.2. The molecule has 3 heterocycles. The molecule has 0 aromatic carbocycles. The third-order valence-electron chi connectivity index (χ3n) is 2.97. The van der Waals surface area contributed by atoms with E-state index in [1.54, 1.807) is 12.4 Å². The van der Waals surface area contributed by atoms with Crippen LogP contribution in [0.3, 0.4) is 0 Å². The second-order valence-electron chi connectivity index (χ2n) is 4.03. The Balaban J connectivity index is 1.81. The zero-order valence-electron chi connectivity index (χ0n) is 9.45. The molecular formula is C11H14N6. The van der Waals surface area contributed by atoms with Gasteiger partial charge in [0, 0.05) is 32.0 Å². The van der Waals surface area contributed by atoms with Crippen LogP contribution in [0.2, 0.25) is 0 Å². The van der Waals surface area contributed by atoms with Crippen LogP contribution in [0.25, 0.3) is 0 Å². The van der Waals surface area contributed by atoms with Crippen molar-refractivity contribution < 1.29 is 0 Å². The smallest absolute Gasteiger partial charge is 0.147 e. The van der Waals surface area contributed by atoms with Gasteiger partial charge in [-0.05, 0) is 0 Å². The highest BCUT2D eigenvalue weighted by Crippen LogP contribution is 2.16. The number of nitrogens with zero attached hydrogens (tertiary/aromatic N) is 5. The van der Waals surface area contributed by atoms with E-state index in [0.717, 1.165) is 37.0 Å². The zero-order chi connectivity index (χ0) is 11.7. The molecule has 0 bridgehead atoms. The molecule has 0 fully saturated rings. The van der Waals surface area contributed by atoms with Crippen LogP contribution in [0.4, 0.5) is 5.82 Å². The molecule has 0 unspecified atom stereocenters. The summed E-state index contributed by atoms with van der Waals surface area (Å²) in [5.74, 6) is 1.96. The standard InChI is InChI=1S/C11H14N6/c12-5-9-6-15-10(7-14-9)17-4-3-16-2-1-13-11(16)8-17/h1-2,6-7H,3-5,8,12H2. The van der Waals surface area contributed by atoms with Crippen molar-refractivity contribution in [2.75, 3.05) is 11.4 Å². The fourth-order valence-corrected chi connectivity index (χ4v) is 1.99. The van der Waals surface area contributed by atoms with Crippen molar-refractivity contribution in [2.45, 2.75) is 19.6 Å². The number of fused-ring (bicyclic) bond motifs is 1. The normalized spacial score (nSPS) is 14.8. The molecule has 1 aliphatic rings. The van der Waals surface area contributed by atoms with Gasteiger partial charge in [0.2, 0.25) is 0 Å². The lowest BCUT2D eigenvalue weighted by Crippen LogP contribution is -2.34. The van der Waals surface area contributed by atoms with Gasteiger partial charge in [-0.25, -0.2) is 9.97 Å². The van der Waals surface area contributed by atoms with Crippen molar-refractivity contribution in [2.24, 2.45) is 5.73 Å². The van der Waals surface area contributed by atoms with E-state index in [9.17, 15) is 0 Å². The molecule has 88 valence electrons. The molecule has 6 heteroatoms. The lowest BCUT2D eigenvalue weighted by atomic mass is 10.3. The Morgan fingerprint density at radius 2 is 2.12 bits per heavy atom. The fraction of sp³-hybridized carbons (Fsp3) is 0.364. The molecule has 2 aromatic heterocycles. The van der Waals surface area contributed by atoms with Crippen LogP contribution >= 0.6 is 0 Å². The number of imidazole rings is 1. The van der Waals surface area contributed by atoms with E-state index in [-0.39, 0.29) is 0 Å². The fourth-order valence-electron chi connectivity index (χ4n) is 1.99.